The Kier molecular flexibility index (Phi) is 3.71. The summed E-state index contributed by atoms with van der Waals surface area (Å²) in [6.07, 6.45) is 1.71. The molecule has 2 rings (SSSR count). The summed E-state index contributed by atoms with van der Waals surface area (Å²) in [5.41, 5.74) is 7.51. The highest BCUT2D eigenvalue weighted by Gasteiger charge is 2.29. The largest absolute Gasteiger partial charge is 0.383 e. The maximum Gasteiger partial charge on any atom is 0.286 e. The number of carbonyl (C=O) groups excluding carboxylic acids is 2. The molecule has 0 aromatic heterocycles. The third kappa shape index (κ3) is 2.68. The van der Waals surface area contributed by atoms with Crippen LogP contribution in [0.5, 0.6) is 0 Å². The van der Waals surface area contributed by atoms with Gasteiger partial charge in [-0.2, -0.15) is 4.99 Å². The molecule has 98 valence electrons. The van der Waals surface area contributed by atoms with E-state index in [9.17, 15) is 9.59 Å². The minimum absolute atomic E-state index is 0.0287. The first kappa shape index (κ1) is 13.4. The van der Waals surface area contributed by atoms with Crippen molar-refractivity contribution >= 4 is 35.1 Å². The van der Waals surface area contributed by atoms with Gasteiger partial charge in [-0.3, -0.25) is 9.59 Å². The zero-order valence-corrected chi connectivity index (χ0v) is 11.4. The molecule has 6 heteroatoms. The van der Waals surface area contributed by atoms with Crippen LogP contribution in [-0.2, 0) is 9.59 Å². The lowest BCUT2D eigenvalue weighted by Gasteiger charge is -2.07. The molecule has 1 aromatic carbocycles. The molecular weight excluding hydrogens is 262 g/mol. The van der Waals surface area contributed by atoms with Crippen LogP contribution in [0, 0.1) is 6.92 Å². The van der Waals surface area contributed by atoms with Crippen LogP contribution in [0.4, 0.5) is 5.69 Å². The average Bonchev–Trinajstić information content (AvgIpc) is 2.66. The Hall–Kier alpha value is -2.08. The topological polar surface area (TPSA) is 84.6 Å². The lowest BCUT2D eigenvalue weighted by atomic mass is 10.2. The zero-order valence-electron chi connectivity index (χ0n) is 10.6. The Morgan fingerprint density at radius 1 is 1.32 bits per heavy atom. The van der Waals surface area contributed by atoms with Gasteiger partial charge in [0.2, 0.25) is 0 Å². The van der Waals surface area contributed by atoms with Gasteiger partial charge in [-0.15, -0.1) is 11.8 Å². The number of nitrogens with two attached hydrogens (primary N) is 1. The van der Waals surface area contributed by atoms with Crippen molar-refractivity contribution in [3.8, 4) is 0 Å². The molecule has 0 radical (unpaired) electrons. The van der Waals surface area contributed by atoms with Crippen LogP contribution in [-0.4, -0.2) is 23.9 Å². The average molecular weight is 275 g/mol. The van der Waals surface area contributed by atoms with E-state index in [2.05, 4.69) is 10.3 Å². The Balaban J connectivity index is 2.25. The minimum atomic E-state index is -0.459. The van der Waals surface area contributed by atoms with Crippen molar-refractivity contribution in [2.75, 3.05) is 11.6 Å². The van der Waals surface area contributed by atoms with E-state index >= 15 is 0 Å². The molecule has 0 spiro atoms. The van der Waals surface area contributed by atoms with Crippen LogP contribution >= 0.6 is 11.8 Å². The molecule has 0 saturated heterocycles. The standard InChI is InChI=1S/C13H13N3O2S/c1-7-3-5-8(6-4-7)15-12(17)9-10(19-2)13(18)16-11(9)14/h3-6H,1-2H3,(H,15,17)(H2,14,16,18). The number of aryl methyl sites for hydroxylation is 1. The molecule has 0 fully saturated rings. The third-order valence-electron chi connectivity index (χ3n) is 2.64. The van der Waals surface area contributed by atoms with Crippen LogP contribution in [0.15, 0.2) is 39.7 Å². The van der Waals surface area contributed by atoms with Crippen LogP contribution in [0.2, 0.25) is 0 Å². The molecule has 0 unspecified atom stereocenters. The molecule has 1 aliphatic rings. The summed E-state index contributed by atoms with van der Waals surface area (Å²) in [6, 6.07) is 7.35. The molecule has 0 aliphatic carbocycles. The van der Waals surface area contributed by atoms with E-state index in [0.717, 1.165) is 5.56 Å². The summed E-state index contributed by atoms with van der Waals surface area (Å²) >= 11 is 1.17. The summed E-state index contributed by atoms with van der Waals surface area (Å²) in [5, 5.41) is 2.70. The molecule has 5 nitrogen and oxygen atoms in total. The van der Waals surface area contributed by atoms with Crippen LogP contribution in [0.3, 0.4) is 0 Å². The van der Waals surface area contributed by atoms with E-state index in [1.165, 1.54) is 11.8 Å². The van der Waals surface area contributed by atoms with Crippen molar-refractivity contribution in [2.24, 2.45) is 10.7 Å². The second-order valence-electron chi connectivity index (χ2n) is 4.03. The van der Waals surface area contributed by atoms with Gasteiger partial charge in [-0.05, 0) is 25.3 Å². The van der Waals surface area contributed by atoms with Crippen molar-refractivity contribution in [1.29, 1.82) is 0 Å². The minimum Gasteiger partial charge on any atom is -0.383 e. The predicted octanol–water partition coefficient (Wildman–Crippen LogP) is 1.45. The molecule has 2 amide bonds. The van der Waals surface area contributed by atoms with Crippen molar-refractivity contribution < 1.29 is 9.59 Å². The summed E-state index contributed by atoms with van der Waals surface area (Å²) < 4.78 is 0. The number of aliphatic imine (C=N–C) groups is 1. The highest BCUT2D eigenvalue weighted by Crippen LogP contribution is 2.25. The monoisotopic (exact) mass is 275 g/mol. The molecule has 1 aromatic rings. The molecular formula is C13H13N3O2S. The van der Waals surface area contributed by atoms with Crippen molar-refractivity contribution in [3.05, 3.63) is 40.3 Å². The van der Waals surface area contributed by atoms with E-state index in [1.54, 1.807) is 18.4 Å². The third-order valence-corrected chi connectivity index (χ3v) is 3.43. The molecule has 3 N–H and O–H groups in total. The van der Waals surface area contributed by atoms with Gasteiger partial charge < -0.3 is 11.1 Å². The second kappa shape index (κ2) is 5.27. The fraction of sp³-hybridized carbons (Fsp3) is 0.154. The first-order valence-electron chi connectivity index (χ1n) is 5.58. The number of amides is 2. The Labute approximate surface area is 115 Å². The van der Waals surface area contributed by atoms with Crippen LogP contribution in [0.25, 0.3) is 0 Å². The molecule has 0 saturated carbocycles. The number of amidine groups is 1. The Morgan fingerprint density at radius 3 is 2.53 bits per heavy atom. The van der Waals surface area contributed by atoms with Gasteiger partial charge in [0.05, 0.1) is 4.91 Å². The van der Waals surface area contributed by atoms with E-state index < -0.39 is 11.8 Å². The number of nitrogens with zero attached hydrogens (tertiary/aromatic N) is 1. The van der Waals surface area contributed by atoms with Gasteiger partial charge in [0.25, 0.3) is 11.8 Å². The summed E-state index contributed by atoms with van der Waals surface area (Å²) in [6.45, 7) is 1.96. The summed E-state index contributed by atoms with van der Waals surface area (Å²) in [5.74, 6) is -0.904. The smallest absolute Gasteiger partial charge is 0.286 e. The number of nitrogens with one attached hydrogen (secondary N) is 1. The van der Waals surface area contributed by atoms with E-state index in [1.807, 2.05) is 19.1 Å². The van der Waals surface area contributed by atoms with Gasteiger partial charge in [0, 0.05) is 5.69 Å². The van der Waals surface area contributed by atoms with E-state index in [4.69, 9.17) is 5.73 Å². The second-order valence-corrected chi connectivity index (χ2v) is 4.85. The lowest BCUT2D eigenvalue weighted by Crippen LogP contribution is -2.24. The van der Waals surface area contributed by atoms with Gasteiger partial charge in [-0.25, -0.2) is 0 Å². The Morgan fingerprint density at radius 2 is 1.95 bits per heavy atom. The first-order chi connectivity index (χ1) is 9.02. The maximum atomic E-state index is 12.1. The molecule has 1 aliphatic heterocycles. The number of thioether (sulfide) groups is 1. The van der Waals surface area contributed by atoms with Crippen molar-refractivity contribution in [1.82, 2.24) is 0 Å². The fourth-order valence-electron chi connectivity index (χ4n) is 1.68. The highest BCUT2D eigenvalue weighted by atomic mass is 32.2. The van der Waals surface area contributed by atoms with Gasteiger partial charge >= 0.3 is 0 Å². The highest BCUT2D eigenvalue weighted by molar-refractivity contribution is 8.03. The number of hydrogen-bond donors (Lipinski definition) is 2. The molecule has 0 bridgehead atoms. The predicted molar refractivity (Wildman–Crippen MR) is 77.0 cm³/mol. The summed E-state index contributed by atoms with van der Waals surface area (Å²) in [7, 11) is 0. The number of hydrogen-bond acceptors (Lipinski definition) is 4. The van der Waals surface area contributed by atoms with Crippen LogP contribution < -0.4 is 11.1 Å². The Bertz CT molecular complexity index is 603. The molecule has 19 heavy (non-hydrogen) atoms. The van der Waals surface area contributed by atoms with E-state index in [0.29, 0.717) is 5.69 Å². The number of anilines is 1. The van der Waals surface area contributed by atoms with Gasteiger partial charge in [0.15, 0.2) is 0 Å². The molecule has 1 heterocycles. The quantitative estimate of drug-likeness (QED) is 0.874. The number of rotatable bonds is 3. The van der Waals surface area contributed by atoms with Gasteiger partial charge in [-0.1, -0.05) is 17.7 Å². The number of carbonyl (C=O) groups is 2. The van der Waals surface area contributed by atoms with Crippen molar-refractivity contribution in [2.45, 2.75) is 6.92 Å². The zero-order chi connectivity index (χ0) is 14.0. The SMILES string of the molecule is CSC1=C(C(=O)Nc2ccc(C)cc2)C(N)=NC1=O. The summed E-state index contributed by atoms with van der Waals surface area (Å²) in [4.78, 5) is 27.5. The lowest BCUT2D eigenvalue weighted by molar-refractivity contribution is -0.114. The normalized spacial score (nSPS) is 14.6. The first-order valence-corrected chi connectivity index (χ1v) is 6.80. The van der Waals surface area contributed by atoms with E-state index in [-0.39, 0.29) is 16.3 Å². The fourth-order valence-corrected chi connectivity index (χ4v) is 2.30. The van der Waals surface area contributed by atoms with Crippen LogP contribution in [0.1, 0.15) is 5.56 Å². The maximum absolute atomic E-state index is 12.1. The van der Waals surface area contributed by atoms with Gasteiger partial charge in [0.1, 0.15) is 11.4 Å². The molecule has 0 atom stereocenters. The number of benzene rings is 1. The van der Waals surface area contributed by atoms with Crippen molar-refractivity contribution in [3.63, 3.8) is 0 Å².